The largest absolute Gasteiger partial charge is 0.0617 e. The van der Waals surface area contributed by atoms with Crippen LogP contribution in [0.25, 0.3) is 0 Å². The molecule has 0 aromatic heterocycles. The Bertz CT molecular complexity index is 1090. The van der Waals surface area contributed by atoms with E-state index in [9.17, 15) is 0 Å². The maximum Gasteiger partial charge on any atom is 0.0199 e. The lowest BCUT2D eigenvalue weighted by Crippen LogP contribution is -2.15. The Labute approximate surface area is 206 Å². The lowest BCUT2D eigenvalue weighted by atomic mass is 9.73. The Morgan fingerprint density at radius 3 is 1.09 bits per heavy atom. The van der Waals surface area contributed by atoms with Crippen LogP contribution in [0.5, 0.6) is 0 Å². The summed E-state index contributed by atoms with van der Waals surface area (Å²) < 4.78 is 0. The Morgan fingerprint density at radius 2 is 0.735 bits per heavy atom. The molecule has 0 aliphatic heterocycles. The van der Waals surface area contributed by atoms with Gasteiger partial charge in [-0.1, -0.05) is 125 Å². The summed E-state index contributed by atoms with van der Waals surface area (Å²) >= 11 is 0. The fourth-order valence-electron chi connectivity index (χ4n) is 5.09. The van der Waals surface area contributed by atoms with Crippen LogP contribution >= 0.6 is 0 Å². The third-order valence-corrected chi connectivity index (χ3v) is 7.26. The molecule has 0 spiro atoms. The number of hydrogen-bond donors (Lipinski definition) is 0. The Morgan fingerprint density at radius 1 is 0.382 bits per heavy atom. The Hall–Kier alpha value is -3.12. The van der Waals surface area contributed by atoms with E-state index >= 15 is 0 Å². The first-order valence-electron chi connectivity index (χ1n) is 13.0. The number of aryl methyl sites for hydroxylation is 4. The van der Waals surface area contributed by atoms with E-state index in [4.69, 9.17) is 0 Å². The Balaban J connectivity index is 1.95. The highest BCUT2D eigenvalue weighted by Crippen LogP contribution is 2.43. The predicted molar refractivity (Wildman–Crippen MR) is 147 cm³/mol. The summed E-state index contributed by atoms with van der Waals surface area (Å²) in [6.07, 6.45) is 4.24. The molecule has 0 nitrogen and oxygen atoms in total. The first-order valence-corrected chi connectivity index (χ1v) is 13.0. The lowest BCUT2D eigenvalue weighted by Gasteiger charge is -2.30. The van der Waals surface area contributed by atoms with Crippen molar-refractivity contribution in [3.05, 3.63) is 142 Å². The fraction of sp³-hybridized carbons (Fsp3) is 0.294. The van der Waals surface area contributed by atoms with Gasteiger partial charge < -0.3 is 0 Å². The van der Waals surface area contributed by atoms with Crippen LogP contribution in [0.15, 0.2) is 97.1 Å². The van der Waals surface area contributed by atoms with E-state index < -0.39 is 0 Å². The predicted octanol–water partition coefficient (Wildman–Crippen LogP) is 8.90. The van der Waals surface area contributed by atoms with Gasteiger partial charge in [-0.25, -0.2) is 0 Å². The highest BCUT2D eigenvalue weighted by molar-refractivity contribution is 5.47. The van der Waals surface area contributed by atoms with Crippen molar-refractivity contribution in [2.75, 3.05) is 0 Å². The molecule has 0 heterocycles. The Kier molecular flexibility index (Phi) is 8.01. The van der Waals surface area contributed by atoms with Crippen LogP contribution in [-0.4, -0.2) is 0 Å². The number of hydrogen-bond acceptors (Lipinski definition) is 0. The van der Waals surface area contributed by atoms with Crippen molar-refractivity contribution in [1.29, 1.82) is 0 Å². The number of rotatable bonds is 9. The molecular formula is C34H38. The van der Waals surface area contributed by atoms with Crippen LogP contribution in [0.3, 0.4) is 0 Å². The van der Waals surface area contributed by atoms with Crippen molar-refractivity contribution in [2.24, 2.45) is 0 Å². The molecule has 0 saturated carbocycles. The van der Waals surface area contributed by atoms with Gasteiger partial charge in [0, 0.05) is 11.8 Å². The first-order chi connectivity index (χ1) is 16.7. The van der Waals surface area contributed by atoms with E-state index in [1.165, 1.54) is 44.5 Å². The van der Waals surface area contributed by atoms with Crippen molar-refractivity contribution >= 4 is 0 Å². The third-order valence-electron chi connectivity index (χ3n) is 7.26. The molecular weight excluding hydrogens is 408 g/mol. The minimum atomic E-state index is 0.246. The summed E-state index contributed by atoms with van der Waals surface area (Å²) in [4.78, 5) is 0. The van der Waals surface area contributed by atoms with E-state index in [0.717, 1.165) is 25.7 Å². The van der Waals surface area contributed by atoms with Gasteiger partial charge in [0.15, 0.2) is 0 Å². The van der Waals surface area contributed by atoms with E-state index in [1.54, 1.807) is 0 Å². The van der Waals surface area contributed by atoms with E-state index in [1.807, 2.05) is 0 Å². The zero-order valence-electron chi connectivity index (χ0n) is 21.2. The third kappa shape index (κ3) is 5.33. The van der Waals surface area contributed by atoms with Crippen LogP contribution in [0, 0.1) is 0 Å². The SMILES string of the molecule is CCc1ccc(C(c2ccc(CC)cc2)C(c2cccc(CC)c2)c2cccc(CC)c2)cc1. The fourth-order valence-corrected chi connectivity index (χ4v) is 5.09. The molecule has 0 fully saturated rings. The average molecular weight is 447 g/mol. The van der Waals surface area contributed by atoms with Gasteiger partial charge in [-0.2, -0.15) is 0 Å². The van der Waals surface area contributed by atoms with E-state index in [0.29, 0.717) is 0 Å². The molecule has 0 aliphatic carbocycles. The van der Waals surface area contributed by atoms with Gasteiger partial charge in [0.05, 0.1) is 0 Å². The molecule has 4 aromatic rings. The van der Waals surface area contributed by atoms with Crippen molar-refractivity contribution in [1.82, 2.24) is 0 Å². The first kappa shape index (κ1) is 24.0. The second kappa shape index (κ2) is 11.3. The van der Waals surface area contributed by atoms with Crippen LogP contribution < -0.4 is 0 Å². The zero-order valence-corrected chi connectivity index (χ0v) is 21.2. The normalized spacial score (nSPS) is 11.4. The van der Waals surface area contributed by atoms with Crippen LogP contribution in [0.4, 0.5) is 0 Å². The van der Waals surface area contributed by atoms with Gasteiger partial charge >= 0.3 is 0 Å². The molecule has 4 aromatic carbocycles. The maximum atomic E-state index is 2.43. The molecule has 0 amide bonds. The molecule has 0 radical (unpaired) electrons. The molecule has 0 aliphatic rings. The zero-order chi connectivity index (χ0) is 23.9. The van der Waals surface area contributed by atoms with Crippen LogP contribution in [0.1, 0.15) is 84.0 Å². The van der Waals surface area contributed by atoms with Crippen LogP contribution in [0.2, 0.25) is 0 Å². The topological polar surface area (TPSA) is 0 Å². The second-order valence-electron chi connectivity index (χ2n) is 9.34. The van der Waals surface area contributed by atoms with Gasteiger partial charge in [0.25, 0.3) is 0 Å². The van der Waals surface area contributed by atoms with Crippen LogP contribution in [-0.2, 0) is 25.7 Å². The van der Waals surface area contributed by atoms with Crippen molar-refractivity contribution in [2.45, 2.75) is 65.2 Å². The summed E-state index contributed by atoms with van der Waals surface area (Å²) in [5.74, 6) is 0.494. The van der Waals surface area contributed by atoms with Crippen molar-refractivity contribution in [3.8, 4) is 0 Å². The maximum absolute atomic E-state index is 2.43. The molecule has 0 bridgehead atoms. The molecule has 0 unspecified atom stereocenters. The summed E-state index contributed by atoms with van der Waals surface area (Å²) in [6, 6.07) is 37.2. The molecule has 4 rings (SSSR count). The summed E-state index contributed by atoms with van der Waals surface area (Å²) in [5.41, 5.74) is 11.1. The summed E-state index contributed by atoms with van der Waals surface area (Å²) in [5, 5.41) is 0. The van der Waals surface area contributed by atoms with Gasteiger partial charge in [-0.15, -0.1) is 0 Å². The lowest BCUT2D eigenvalue weighted by molar-refractivity contribution is 0.691. The monoisotopic (exact) mass is 446 g/mol. The van der Waals surface area contributed by atoms with E-state index in [-0.39, 0.29) is 11.8 Å². The summed E-state index contributed by atoms with van der Waals surface area (Å²) in [7, 11) is 0. The van der Waals surface area contributed by atoms with Gasteiger partial charge in [0.2, 0.25) is 0 Å². The molecule has 174 valence electrons. The quantitative estimate of drug-likeness (QED) is 0.241. The highest BCUT2D eigenvalue weighted by Gasteiger charge is 2.28. The van der Waals surface area contributed by atoms with Gasteiger partial charge in [0.1, 0.15) is 0 Å². The smallest absolute Gasteiger partial charge is 0.0199 e. The molecule has 0 atom stereocenters. The minimum absolute atomic E-state index is 0.246. The standard InChI is InChI=1S/C34H38/c1-5-25-15-19-29(20-16-25)33(30-21-17-26(6-2)18-22-30)34(31-13-9-11-27(7-3)23-31)32-14-10-12-28(8-4)24-32/h9-24,33-34H,5-8H2,1-4H3. The van der Waals surface area contributed by atoms with Gasteiger partial charge in [-0.3, -0.25) is 0 Å². The summed E-state index contributed by atoms with van der Waals surface area (Å²) in [6.45, 7) is 8.95. The molecule has 0 heteroatoms. The minimum Gasteiger partial charge on any atom is -0.0617 e. The van der Waals surface area contributed by atoms with E-state index in [2.05, 4.69) is 125 Å². The van der Waals surface area contributed by atoms with Crippen molar-refractivity contribution < 1.29 is 0 Å². The number of benzene rings is 4. The van der Waals surface area contributed by atoms with Gasteiger partial charge in [-0.05, 0) is 70.2 Å². The van der Waals surface area contributed by atoms with Crippen molar-refractivity contribution in [3.63, 3.8) is 0 Å². The highest BCUT2D eigenvalue weighted by atomic mass is 14.3. The second-order valence-corrected chi connectivity index (χ2v) is 9.34. The molecule has 0 N–H and O–H groups in total. The molecule has 0 saturated heterocycles. The average Bonchev–Trinajstić information content (AvgIpc) is 2.92. The molecule has 34 heavy (non-hydrogen) atoms.